The number of anilines is 1. The van der Waals surface area contributed by atoms with Gasteiger partial charge in [0, 0.05) is 16.7 Å². The van der Waals surface area contributed by atoms with Crippen molar-refractivity contribution < 1.29 is 9.53 Å². The van der Waals surface area contributed by atoms with Crippen LogP contribution in [-0.2, 0) is 16.6 Å². The predicted molar refractivity (Wildman–Crippen MR) is 156 cm³/mol. The van der Waals surface area contributed by atoms with Crippen molar-refractivity contribution in [2.24, 2.45) is 0 Å². The van der Waals surface area contributed by atoms with Gasteiger partial charge in [0.25, 0.3) is 5.56 Å². The van der Waals surface area contributed by atoms with E-state index in [9.17, 15) is 9.59 Å². The van der Waals surface area contributed by atoms with Gasteiger partial charge in [-0.1, -0.05) is 66.6 Å². The molecule has 39 heavy (non-hydrogen) atoms. The van der Waals surface area contributed by atoms with Crippen LogP contribution in [0.4, 0.5) is 5.69 Å². The fraction of sp³-hybridized carbons (Fsp3) is 0.281. The maximum Gasteiger partial charge on any atom is 0.263 e. The Morgan fingerprint density at radius 2 is 1.74 bits per heavy atom. The van der Waals surface area contributed by atoms with E-state index in [1.54, 1.807) is 11.7 Å². The number of hydrogen-bond acceptors (Lipinski definition) is 5. The zero-order valence-corrected chi connectivity index (χ0v) is 23.0. The maximum atomic E-state index is 14.5. The molecule has 1 N–H and O–H groups in total. The summed E-state index contributed by atoms with van der Waals surface area (Å²) in [5.41, 5.74) is 6.21. The molecule has 2 aliphatic rings. The second kappa shape index (κ2) is 10.4. The molecule has 1 aromatic heterocycles. The third-order valence-corrected chi connectivity index (χ3v) is 8.88. The van der Waals surface area contributed by atoms with Gasteiger partial charge in [-0.15, -0.1) is 0 Å². The number of methoxy groups -OCH3 is 1. The molecule has 1 amide bonds. The molecule has 1 heterocycles. The Kier molecular flexibility index (Phi) is 6.77. The summed E-state index contributed by atoms with van der Waals surface area (Å²) in [7, 11) is 1.62. The Labute approximate surface area is 232 Å². The molecule has 1 spiro atoms. The van der Waals surface area contributed by atoms with Crippen LogP contribution in [0.25, 0.3) is 16.9 Å². The van der Waals surface area contributed by atoms with E-state index in [1.807, 2.05) is 61.5 Å². The number of rotatable bonds is 6. The molecule has 0 bridgehead atoms. The van der Waals surface area contributed by atoms with Gasteiger partial charge in [-0.3, -0.25) is 14.2 Å². The van der Waals surface area contributed by atoms with Gasteiger partial charge < -0.3 is 10.1 Å². The Morgan fingerprint density at radius 3 is 2.46 bits per heavy atom. The molecular weight excluding hydrogens is 506 g/mol. The number of carbonyl (C=O) groups excluding carboxylic acids is 1. The number of hydrogen-bond donors (Lipinski definition) is 1. The van der Waals surface area contributed by atoms with E-state index in [0.29, 0.717) is 16.6 Å². The number of fused-ring (bicyclic) bond motifs is 4. The van der Waals surface area contributed by atoms with E-state index in [-0.39, 0.29) is 22.6 Å². The number of nitrogens with zero attached hydrogens (tertiary/aromatic N) is 2. The molecule has 3 aromatic carbocycles. The normalized spacial score (nSPS) is 15.0. The first-order chi connectivity index (χ1) is 19.0. The van der Waals surface area contributed by atoms with Crippen LogP contribution in [0, 0.1) is 6.92 Å². The molecule has 6 rings (SSSR count). The fourth-order valence-electron chi connectivity index (χ4n) is 6.03. The molecule has 0 saturated heterocycles. The minimum absolute atomic E-state index is 0.0389. The smallest absolute Gasteiger partial charge is 0.263 e. The quantitative estimate of drug-likeness (QED) is 0.230. The van der Waals surface area contributed by atoms with E-state index in [2.05, 4.69) is 23.5 Å². The molecule has 0 atom stereocenters. The Balaban J connectivity index is 1.45. The molecule has 1 saturated carbocycles. The molecule has 198 valence electrons. The number of benzene rings is 3. The fourth-order valence-corrected chi connectivity index (χ4v) is 6.84. The first-order valence-corrected chi connectivity index (χ1v) is 14.4. The van der Waals surface area contributed by atoms with Crippen LogP contribution in [0.3, 0.4) is 0 Å². The van der Waals surface area contributed by atoms with E-state index >= 15 is 0 Å². The second-order valence-corrected chi connectivity index (χ2v) is 11.4. The van der Waals surface area contributed by atoms with Gasteiger partial charge >= 0.3 is 0 Å². The lowest BCUT2D eigenvalue weighted by Gasteiger charge is -2.36. The number of ether oxygens (including phenoxy) is 1. The first kappa shape index (κ1) is 25.4. The van der Waals surface area contributed by atoms with Gasteiger partial charge in [0.2, 0.25) is 5.91 Å². The number of amides is 1. The summed E-state index contributed by atoms with van der Waals surface area (Å²) in [6.07, 6.45) is 5.05. The number of carbonyl (C=O) groups is 1. The Hall–Kier alpha value is -3.84. The Morgan fingerprint density at radius 1 is 1.03 bits per heavy atom. The van der Waals surface area contributed by atoms with E-state index in [1.165, 1.54) is 17.3 Å². The zero-order chi connectivity index (χ0) is 27.0. The average Bonchev–Trinajstić information content (AvgIpc) is 3.41. The minimum Gasteiger partial charge on any atom is -0.497 e. The lowest BCUT2D eigenvalue weighted by molar-refractivity contribution is -0.113. The number of nitrogens with one attached hydrogen (secondary N) is 1. The van der Waals surface area contributed by atoms with Crippen molar-refractivity contribution in [1.29, 1.82) is 0 Å². The summed E-state index contributed by atoms with van der Waals surface area (Å²) in [6, 6.07) is 23.5. The summed E-state index contributed by atoms with van der Waals surface area (Å²) >= 11 is 1.28. The lowest BCUT2D eigenvalue weighted by Crippen LogP contribution is -2.40. The van der Waals surface area contributed by atoms with E-state index in [0.717, 1.165) is 60.2 Å². The molecule has 0 unspecified atom stereocenters. The third kappa shape index (κ3) is 4.76. The topological polar surface area (TPSA) is 73.2 Å². The molecule has 1 fully saturated rings. The molecule has 2 aliphatic carbocycles. The zero-order valence-electron chi connectivity index (χ0n) is 22.2. The van der Waals surface area contributed by atoms with Crippen LogP contribution in [0.1, 0.15) is 42.4 Å². The SMILES string of the molecule is COc1ccc(-n2c(SCC(=O)Nc3ccc(C)cc3)nc3c(c2=O)C2(CCCC2)Cc2ccccc2-3)cc1. The second-order valence-electron chi connectivity index (χ2n) is 10.5. The van der Waals surface area contributed by atoms with Gasteiger partial charge in [-0.2, -0.15) is 0 Å². The van der Waals surface area contributed by atoms with Crippen LogP contribution in [-0.4, -0.2) is 28.3 Å². The van der Waals surface area contributed by atoms with Gasteiger partial charge in [0.05, 0.1) is 29.8 Å². The maximum absolute atomic E-state index is 14.5. The highest BCUT2D eigenvalue weighted by molar-refractivity contribution is 7.99. The van der Waals surface area contributed by atoms with Crippen molar-refractivity contribution in [3.63, 3.8) is 0 Å². The largest absolute Gasteiger partial charge is 0.497 e. The molecule has 6 nitrogen and oxygen atoms in total. The predicted octanol–water partition coefficient (Wildman–Crippen LogP) is 6.32. The number of aryl methyl sites for hydroxylation is 1. The van der Waals surface area contributed by atoms with Crippen molar-refractivity contribution >= 4 is 23.4 Å². The summed E-state index contributed by atoms with van der Waals surface area (Å²) < 4.78 is 7.04. The van der Waals surface area contributed by atoms with Gasteiger partial charge in [-0.05, 0) is 68.1 Å². The van der Waals surface area contributed by atoms with Crippen LogP contribution >= 0.6 is 11.8 Å². The third-order valence-electron chi connectivity index (χ3n) is 7.94. The highest BCUT2D eigenvalue weighted by Gasteiger charge is 2.44. The van der Waals surface area contributed by atoms with Crippen LogP contribution in [0.15, 0.2) is 82.7 Å². The molecule has 0 radical (unpaired) electrons. The van der Waals surface area contributed by atoms with Crippen molar-refractivity contribution in [2.75, 3.05) is 18.2 Å². The summed E-state index contributed by atoms with van der Waals surface area (Å²) in [5.74, 6) is 0.692. The molecule has 4 aromatic rings. The monoisotopic (exact) mass is 537 g/mol. The number of thioether (sulfide) groups is 1. The average molecular weight is 538 g/mol. The number of aromatic nitrogens is 2. The Bertz CT molecular complexity index is 1590. The highest BCUT2D eigenvalue weighted by atomic mass is 32.2. The van der Waals surface area contributed by atoms with Crippen molar-refractivity contribution in [3.8, 4) is 22.7 Å². The molecule has 7 heteroatoms. The van der Waals surface area contributed by atoms with Crippen LogP contribution in [0.2, 0.25) is 0 Å². The molecular formula is C32H31N3O3S. The van der Waals surface area contributed by atoms with Gasteiger partial charge in [0.15, 0.2) is 5.16 Å². The van der Waals surface area contributed by atoms with Gasteiger partial charge in [-0.25, -0.2) is 4.98 Å². The standard InChI is InChI=1S/C32H31N3O3S/c1-21-9-11-23(12-10-21)33-27(36)20-39-31-34-29-26-8-4-3-7-22(26)19-32(17-5-6-18-32)28(29)30(37)35(31)24-13-15-25(38-2)16-14-24/h3-4,7-16H,5-6,17-20H2,1-2H3,(H,33,36). The van der Waals surface area contributed by atoms with E-state index in [4.69, 9.17) is 9.72 Å². The summed E-state index contributed by atoms with van der Waals surface area (Å²) in [5, 5.41) is 3.46. The van der Waals surface area contributed by atoms with Crippen molar-refractivity contribution in [3.05, 3.63) is 99.8 Å². The highest BCUT2D eigenvalue weighted by Crippen LogP contribution is 2.50. The van der Waals surface area contributed by atoms with Crippen molar-refractivity contribution in [2.45, 2.75) is 49.6 Å². The lowest BCUT2D eigenvalue weighted by atomic mass is 9.68. The van der Waals surface area contributed by atoms with Gasteiger partial charge in [0.1, 0.15) is 5.75 Å². The first-order valence-electron chi connectivity index (χ1n) is 13.4. The summed E-state index contributed by atoms with van der Waals surface area (Å²) in [6.45, 7) is 2.01. The van der Waals surface area contributed by atoms with Crippen molar-refractivity contribution in [1.82, 2.24) is 9.55 Å². The van der Waals surface area contributed by atoms with Crippen LogP contribution < -0.4 is 15.6 Å². The minimum atomic E-state index is -0.200. The summed E-state index contributed by atoms with van der Waals surface area (Å²) in [4.78, 5) is 32.6. The van der Waals surface area contributed by atoms with E-state index < -0.39 is 0 Å². The van der Waals surface area contributed by atoms with Crippen LogP contribution in [0.5, 0.6) is 5.75 Å². The molecule has 0 aliphatic heterocycles.